The number of methoxy groups -OCH3 is 1. The zero-order valence-corrected chi connectivity index (χ0v) is 15.4. The van der Waals surface area contributed by atoms with Crippen molar-refractivity contribution in [1.82, 2.24) is 4.90 Å². The highest BCUT2D eigenvalue weighted by Crippen LogP contribution is 2.14. The highest BCUT2D eigenvalue weighted by molar-refractivity contribution is 6.00. The Labute approximate surface area is 150 Å². The first kappa shape index (κ1) is 18.7. The predicted molar refractivity (Wildman–Crippen MR) is 107 cm³/mol. The van der Waals surface area contributed by atoms with Crippen molar-refractivity contribution >= 4 is 17.5 Å². The Morgan fingerprint density at radius 2 is 1.80 bits per heavy atom. The summed E-state index contributed by atoms with van der Waals surface area (Å²) in [7, 11) is 5.83. The van der Waals surface area contributed by atoms with Gasteiger partial charge >= 0.3 is 0 Å². The lowest BCUT2D eigenvalue weighted by molar-refractivity contribution is 0.381. The minimum atomic E-state index is 0.306. The number of hydrogen-bond donors (Lipinski definition) is 1. The van der Waals surface area contributed by atoms with Crippen molar-refractivity contribution in [2.24, 2.45) is 11.0 Å². The first-order valence-corrected chi connectivity index (χ1v) is 8.44. The molecule has 0 aromatic heterocycles. The predicted octanol–water partition coefficient (Wildman–Crippen LogP) is 4.37. The zero-order valence-electron chi connectivity index (χ0n) is 15.4. The molecule has 2 aromatic carbocycles. The Kier molecular flexibility index (Phi) is 7.23. The number of para-hydroxylation sites is 1. The van der Waals surface area contributed by atoms with E-state index in [9.17, 15) is 0 Å². The van der Waals surface area contributed by atoms with Crippen molar-refractivity contribution in [3.63, 3.8) is 0 Å². The molecule has 0 aliphatic carbocycles. The van der Waals surface area contributed by atoms with Crippen LogP contribution in [-0.2, 0) is 0 Å². The quantitative estimate of drug-likeness (QED) is 0.574. The molecule has 4 nitrogen and oxygen atoms in total. The van der Waals surface area contributed by atoms with Crippen molar-refractivity contribution in [3.05, 3.63) is 66.2 Å². The normalized spacial score (nSPS) is 13.2. The van der Waals surface area contributed by atoms with Crippen molar-refractivity contribution in [3.8, 4) is 5.75 Å². The monoisotopic (exact) mass is 337 g/mol. The number of benzene rings is 2. The van der Waals surface area contributed by atoms with Crippen LogP contribution in [0.15, 0.2) is 65.8 Å². The van der Waals surface area contributed by atoms with Crippen LogP contribution in [0.3, 0.4) is 0 Å². The maximum absolute atomic E-state index is 5.20. The molecule has 0 fully saturated rings. The molecular formula is C21H27N3O. The molecule has 132 valence electrons. The van der Waals surface area contributed by atoms with Gasteiger partial charge in [0.2, 0.25) is 0 Å². The third-order valence-electron chi connectivity index (χ3n) is 3.79. The number of nitrogens with zero attached hydrogens (tertiary/aromatic N) is 2. The summed E-state index contributed by atoms with van der Waals surface area (Å²) < 4.78 is 5.20. The molecule has 0 amide bonds. The lowest BCUT2D eigenvalue weighted by atomic mass is 10.0. The van der Waals surface area contributed by atoms with Gasteiger partial charge in [-0.05, 0) is 50.0 Å². The smallest absolute Gasteiger partial charge is 0.118 e. The first-order valence-electron chi connectivity index (χ1n) is 8.44. The lowest BCUT2D eigenvalue weighted by Crippen LogP contribution is -2.25. The van der Waals surface area contributed by atoms with Crippen molar-refractivity contribution in [2.45, 2.75) is 6.92 Å². The minimum absolute atomic E-state index is 0.306. The van der Waals surface area contributed by atoms with Gasteiger partial charge < -0.3 is 9.64 Å². The van der Waals surface area contributed by atoms with Gasteiger partial charge in [-0.15, -0.1) is 0 Å². The molecule has 2 rings (SSSR count). The molecule has 0 radical (unpaired) electrons. The molecular weight excluding hydrogens is 310 g/mol. The van der Waals surface area contributed by atoms with Crippen molar-refractivity contribution < 1.29 is 4.74 Å². The Morgan fingerprint density at radius 1 is 1.12 bits per heavy atom. The summed E-state index contributed by atoms with van der Waals surface area (Å²) in [6, 6.07) is 18.0. The van der Waals surface area contributed by atoms with Crippen LogP contribution in [0.4, 0.5) is 5.69 Å². The third kappa shape index (κ3) is 6.43. The fraction of sp³-hybridized carbons (Fsp3) is 0.286. The second-order valence-corrected chi connectivity index (χ2v) is 6.28. The van der Waals surface area contributed by atoms with Gasteiger partial charge in [-0.1, -0.05) is 43.3 Å². The Morgan fingerprint density at radius 3 is 2.40 bits per heavy atom. The van der Waals surface area contributed by atoms with Gasteiger partial charge in [-0.25, -0.2) is 0 Å². The Hall–Kier alpha value is -2.59. The minimum Gasteiger partial charge on any atom is -0.497 e. The largest absolute Gasteiger partial charge is 0.497 e. The number of hydrogen-bond acceptors (Lipinski definition) is 4. The molecule has 0 aliphatic rings. The summed E-state index contributed by atoms with van der Waals surface area (Å²) in [5, 5.41) is 4.62. The summed E-state index contributed by atoms with van der Waals surface area (Å²) in [5.74, 6) is 1.17. The molecule has 0 bridgehead atoms. The van der Waals surface area contributed by atoms with E-state index >= 15 is 0 Å². The number of hydrazone groups is 1. The molecule has 0 unspecified atom stereocenters. The van der Waals surface area contributed by atoms with Crippen LogP contribution < -0.4 is 10.2 Å². The lowest BCUT2D eigenvalue weighted by Gasteiger charge is -2.17. The van der Waals surface area contributed by atoms with Crippen LogP contribution in [0, 0.1) is 5.92 Å². The van der Waals surface area contributed by atoms with Crippen LogP contribution >= 0.6 is 0 Å². The van der Waals surface area contributed by atoms with E-state index in [1.165, 1.54) is 0 Å². The van der Waals surface area contributed by atoms with E-state index < -0.39 is 0 Å². The van der Waals surface area contributed by atoms with E-state index in [2.05, 4.69) is 48.6 Å². The number of anilines is 1. The fourth-order valence-electron chi connectivity index (χ4n) is 2.49. The molecule has 0 aliphatic heterocycles. The van der Waals surface area contributed by atoms with Crippen LogP contribution in [0.1, 0.15) is 12.5 Å². The van der Waals surface area contributed by atoms with E-state index in [-0.39, 0.29) is 0 Å². The van der Waals surface area contributed by atoms with Crippen molar-refractivity contribution in [2.75, 3.05) is 33.2 Å². The van der Waals surface area contributed by atoms with E-state index in [0.29, 0.717) is 5.92 Å². The molecule has 25 heavy (non-hydrogen) atoms. The maximum Gasteiger partial charge on any atom is 0.118 e. The summed E-state index contributed by atoms with van der Waals surface area (Å²) in [6.07, 6.45) is 4.16. The number of ether oxygens (including phenoxy) is 1. The molecule has 0 spiro atoms. The van der Waals surface area contributed by atoms with Gasteiger partial charge in [0.15, 0.2) is 0 Å². The van der Waals surface area contributed by atoms with Crippen LogP contribution in [0.25, 0.3) is 6.08 Å². The first-order chi connectivity index (χ1) is 12.1. The van der Waals surface area contributed by atoms with E-state index in [1.807, 2.05) is 54.6 Å². The second kappa shape index (κ2) is 9.64. The second-order valence-electron chi connectivity index (χ2n) is 6.28. The molecule has 0 heterocycles. The maximum atomic E-state index is 5.20. The Balaban J connectivity index is 2.16. The highest BCUT2D eigenvalue weighted by Gasteiger charge is 2.09. The van der Waals surface area contributed by atoms with Gasteiger partial charge in [-0.3, -0.25) is 5.43 Å². The standard InChI is InChI=1S/C21H27N3O/c1-17(16-24(2)3)21(23-22-19-8-6-5-7-9-19)15-12-18-10-13-20(25-4)14-11-18/h5-15,17,22H,16H2,1-4H3/b15-12+,23-21-/t17-/m0/s1. The van der Waals surface area contributed by atoms with Gasteiger partial charge in [0.1, 0.15) is 5.75 Å². The molecule has 2 aromatic rings. The third-order valence-corrected chi connectivity index (χ3v) is 3.79. The summed E-state index contributed by atoms with van der Waals surface area (Å²) in [5.41, 5.74) is 6.26. The molecule has 0 saturated carbocycles. The SMILES string of the molecule is COc1ccc(/C=C/C(=N/Nc2ccccc2)[C@@H](C)CN(C)C)cc1. The van der Waals surface area contributed by atoms with E-state index in [0.717, 1.165) is 29.3 Å². The van der Waals surface area contributed by atoms with Crippen LogP contribution in [-0.4, -0.2) is 38.4 Å². The molecule has 0 saturated heterocycles. The summed E-state index contributed by atoms with van der Waals surface area (Å²) >= 11 is 0. The Bertz CT molecular complexity index is 691. The van der Waals surface area contributed by atoms with Gasteiger partial charge in [0, 0.05) is 12.5 Å². The topological polar surface area (TPSA) is 36.9 Å². The van der Waals surface area contributed by atoms with E-state index in [4.69, 9.17) is 4.74 Å². The number of rotatable bonds is 8. The highest BCUT2D eigenvalue weighted by atomic mass is 16.5. The number of allylic oxidation sites excluding steroid dienone is 1. The fourth-order valence-corrected chi connectivity index (χ4v) is 2.49. The summed E-state index contributed by atoms with van der Waals surface area (Å²) in [4.78, 5) is 2.17. The van der Waals surface area contributed by atoms with E-state index in [1.54, 1.807) is 7.11 Å². The van der Waals surface area contributed by atoms with Gasteiger partial charge in [-0.2, -0.15) is 5.10 Å². The average Bonchev–Trinajstić information content (AvgIpc) is 2.62. The number of nitrogens with one attached hydrogen (secondary N) is 1. The van der Waals surface area contributed by atoms with Gasteiger partial charge in [0.05, 0.1) is 18.5 Å². The van der Waals surface area contributed by atoms with Crippen molar-refractivity contribution in [1.29, 1.82) is 0 Å². The van der Waals surface area contributed by atoms with Crippen LogP contribution in [0.2, 0.25) is 0 Å². The van der Waals surface area contributed by atoms with Crippen LogP contribution in [0.5, 0.6) is 5.75 Å². The molecule has 4 heteroatoms. The summed E-state index contributed by atoms with van der Waals surface area (Å²) in [6.45, 7) is 3.12. The van der Waals surface area contributed by atoms with Gasteiger partial charge in [0.25, 0.3) is 0 Å². The molecule has 1 atom stereocenters. The average molecular weight is 337 g/mol. The molecule has 1 N–H and O–H groups in total. The zero-order chi connectivity index (χ0) is 18.1.